The fourth-order valence-corrected chi connectivity index (χ4v) is 1.43. The van der Waals surface area contributed by atoms with E-state index in [-0.39, 0.29) is 88.7 Å². The molecule has 3 heteroatoms. The quantitative estimate of drug-likeness (QED) is 0.651. The Bertz CT molecular complexity index is 419. The molecular weight excluding hydrogens is 213 g/mol. The maximum atomic E-state index is 3.78. The van der Waals surface area contributed by atoms with E-state index in [1.807, 2.05) is 6.08 Å². The normalized spacial score (nSPS) is 8.00. The number of rotatable bonds is 1. The van der Waals surface area contributed by atoms with E-state index in [4.69, 9.17) is 0 Å². The van der Waals surface area contributed by atoms with Gasteiger partial charge < -0.3 is 0 Å². The zero-order valence-electron chi connectivity index (χ0n) is 9.83. The SMILES string of the molecule is C=Cc1cccc2ccccc12.[Na].[Na].[Na]. The summed E-state index contributed by atoms with van der Waals surface area (Å²) in [5.41, 5.74) is 1.20. The minimum atomic E-state index is 0. The molecule has 2 rings (SSSR count). The first-order valence-electron chi connectivity index (χ1n) is 4.02. The van der Waals surface area contributed by atoms with Gasteiger partial charge in [0.05, 0.1) is 0 Å². The molecule has 0 aliphatic carbocycles. The second-order valence-electron chi connectivity index (χ2n) is 2.77. The number of fused-ring (bicyclic) bond motifs is 1. The molecule has 0 N–H and O–H groups in total. The van der Waals surface area contributed by atoms with Crippen molar-refractivity contribution in [2.24, 2.45) is 0 Å². The van der Waals surface area contributed by atoms with Crippen LogP contribution in [0.2, 0.25) is 0 Å². The molecule has 2 aromatic rings. The van der Waals surface area contributed by atoms with E-state index in [1.54, 1.807) is 0 Å². The summed E-state index contributed by atoms with van der Waals surface area (Å²) >= 11 is 0. The Kier molecular flexibility index (Phi) is 11.9. The molecule has 0 spiro atoms. The molecule has 15 heavy (non-hydrogen) atoms. The third-order valence-electron chi connectivity index (χ3n) is 2.04. The minimum absolute atomic E-state index is 0. The van der Waals surface area contributed by atoms with Gasteiger partial charge in [-0.05, 0) is 16.3 Å². The van der Waals surface area contributed by atoms with Crippen molar-refractivity contribution in [1.82, 2.24) is 0 Å². The molecule has 0 fully saturated rings. The van der Waals surface area contributed by atoms with Crippen molar-refractivity contribution in [2.75, 3.05) is 0 Å². The molecule has 0 saturated heterocycles. The van der Waals surface area contributed by atoms with Crippen LogP contribution in [0.25, 0.3) is 16.8 Å². The third-order valence-corrected chi connectivity index (χ3v) is 2.04. The summed E-state index contributed by atoms with van der Waals surface area (Å²) in [6.45, 7) is 3.78. The van der Waals surface area contributed by atoms with E-state index in [2.05, 4.69) is 49.0 Å². The van der Waals surface area contributed by atoms with Crippen molar-refractivity contribution in [3.05, 3.63) is 54.6 Å². The van der Waals surface area contributed by atoms with Crippen LogP contribution in [-0.4, -0.2) is 88.7 Å². The Labute approximate surface area is 157 Å². The first kappa shape index (κ1) is 18.8. The van der Waals surface area contributed by atoms with E-state index < -0.39 is 0 Å². The van der Waals surface area contributed by atoms with Gasteiger partial charge in [-0.15, -0.1) is 0 Å². The largest absolute Gasteiger partial charge is 0.0984 e. The number of hydrogen-bond donors (Lipinski definition) is 0. The van der Waals surface area contributed by atoms with Crippen LogP contribution >= 0.6 is 0 Å². The second kappa shape index (κ2) is 9.47. The summed E-state index contributed by atoms with van der Waals surface area (Å²) in [6, 6.07) is 14.6. The van der Waals surface area contributed by atoms with Gasteiger partial charge in [-0.25, -0.2) is 0 Å². The number of hydrogen-bond acceptors (Lipinski definition) is 0. The van der Waals surface area contributed by atoms with Crippen LogP contribution in [-0.2, 0) is 0 Å². The van der Waals surface area contributed by atoms with Crippen LogP contribution in [0, 0.1) is 0 Å². The van der Waals surface area contributed by atoms with Crippen LogP contribution in [0.5, 0.6) is 0 Å². The molecule has 0 nitrogen and oxygen atoms in total. The van der Waals surface area contributed by atoms with Gasteiger partial charge in [0.2, 0.25) is 0 Å². The molecular formula is C12H10Na3. The molecule has 3 radical (unpaired) electrons. The van der Waals surface area contributed by atoms with Crippen molar-refractivity contribution >= 4 is 106 Å². The molecule has 0 aliphatic heterocycles. The predicted octanol–water partition coefficient (Wildman–Crippen LogP) is 2.34. The summed E-state index contributed by atoms with van der Waals surface area (Å²) in [5.74, 6) is 0. The first-order chi connectivity index (χ1) is 5.92. The first-order valence-corrected chi connectivity index (χ1v) is 4.02. The van der Waals surface area contributed by atoms with E-state index >= 15 is 0 Å². The third kappa shape index (κ3) is 4.67. The van der Waals surface area contributed by atoms with Crippen molar-refractivity contribution in [2.45, 2.75) is 0 Å². The predicted molar refractivity (Wildman–Crippen MR) is 71.3 cm³/mol. The smallest absolute Gasteiger partial charge is 0 e. The van der Waals surface area contributed by atoms with Crippen LogP contribution in [0.4, 0.5) is 0 Å². The van der Waals surface area contributed by atoms with Crippen LogP contribution < -0.4 is 0 Å². The summed E-state index contributed by atoms with van der Waals surface area (Å²) in [5, 5.41) is 2.55. The Morgan fingerprint density at radius 2 is 1.40 bits per heavy atom. The van der Waals surface area contributed by atoms with E-state index in [1.165, 1.54) is 16.3 Å². The van der Waals surface area contributed by atoms with Gasteiger partial charge in [-0.2, -0.15) is 0 Å². The topological polar surface area (TPSA) is 0 Å². The zero-order chi connectivity index (χ0) is 8.39. The van der Waals surface area contributed by atoms with Crippen molar-refractivity contribution in [3.63, 3.8) is 0 Å². The minimum Gasteiger partial charge on any atom is -0.0984 e. The van der Waals surface area contributed by atoms with Crippen LogP contribution in [0.3, 0.4) is 0 Å². The van der Waals surface area contributed by atoms with Crippen LogP contribution in [0.15, 0.2) is 49.0 Å². The molecule has 0 unspecified atom stereocenters. The Balaban J connectivity index is 0. The summed E-state index contributed by atoms with van der Waals surface area (Å²) in [6.07, 6.45) is 1.89. The Hall–Kier alpha value is 1.44. The fraction of sp³-hybridized carbons (Fsp3) is 0. The van der Waals surface area contributed by atoms with E-state index in [9.17, 15) is 0 Å². The molecule has 0 aliphatic rings. The van der Waals surface area contributed by atoms with E-state index in [0.717, 1.165) is 0 Å². The summed E-state index contributed by atoms with van der Waals surface area (Å²) in [7, 11) is 0. The molecule has 2 aromatic carbocycles. The monoisotopic (exact) mass is 223 g/mol. The average Bonchev–Trinajstić information content (AvgIpc) is 2.17. The summed E-state index contributed by atoms with van der Waals surface area (Å²) in [4.78, 5) is 0. The van der Waals surface area contributed by atoms with Gasteiger partial charge in [-0.3, -0.25) is 0 Å². The van der Waals surface area contributed by atoms with Crippen molar-refractivity contribution in [1.29, 1.82) is 0 Å². The Morgan fingerprint density at radius 3 is 2.07 bits per heavy atom. The molecule has 0 heterocycles. The second-order valence-corrected chi connectivity index (χ2v) is 2.77. The van der Waals surface area contributed by atoms with Crippen molar-refractivity contribution in [3.8, 4) is 0 Å². The van der Waals surface area contributed by atoms with Crippen LogP contribution in [0.1, 0.15) is 5.56 Å². The van der Waals surface area contributed by atoms with Crippen molar-refractivity contribution < 1.29 is 0 Å². The molecule has 61 valence electrons. The van der Waals surface area contributed by atoms with Gasteiger partial charge in [0.25, 0.3) is 0 Å². The zero-order valence-corrected chi connectivity index (χ0v) is 15.8. The van der Waals surface area contributed by atoms with Gasteiger partial charge in [-0.1, -0.05) is 55.1 Å². The standard InChI is InChI=1S/C12H10.3Na/c1-2-10-7-5-8-11-6-3-4-9-12(10)11;;;/h2-9H,1H2;;;. The molecule has 0 bridgehead atoms. The fourth-order valence-electron chi connectivity index (χ4n) is 1.43. The maximum absolute atomic E-state index is 3.78. The molecule has 0 amide bonds. The van der Waals surface area contributed by atoms with E-state index in [0.29, 0.717) is 0 Å². The van der Waals surface area contributed by atoms with Gasteiger partial charge in [0.15, 0.2) is 0 Å². The van der Waals surface area contributed by atoms with Gasteiger partial charge in [0, 0.05) is 88.7 Å². The molecule has 0 aromatic heterocycles. The molecule has 0 atom stereocenters. The summed E-state index contributed by atoms with van der Waals surface area (Å²) < 4.78 is 0. The average molecular weight is 223 g/mol. The van der Waals surface area contributed by atoms with Gasteiger partial charge >= 0.3 is 0 Å². The molecule has 0 saturated carbocycles. The van der Waals surface area contributed by atoms with Gasteiger partial charge in [0.1, 0.15) is 0 Å². The Morgan fingerprint density at radius 1 is 0.800 bits per heavy atom. The maximum Gasteiger partial charge on any atom is 0 e. The number of benzene rings is 2.